The lowest BCUT2D eigenvalue weighted by atomic mass is 9.98. The van der Waals surface area contributed by atoms with Crippen LogP contribution in [0.3, 0.4) is 0 Å². The van der Waals surface area contributed by atoms with Crippen molar-refractivity contribution in [2.75, 3.05) is 0 Å². The van der Waals surface area contributed by atoms with Gasteiger partial charge in [-0.25, -0.2) is 0 Å². The van der Waals surface area contributed by atoms with Crippen molar-refractivity contribution in [1.29, 1.82) is 0 Å². The molecule has 18 heavy (non-hydrogen) atoms. The predicted octanol–water partition coefficient (Wildman–Crippen LogP) is 3.87. The van der Waals surface area contributed by atoms with Crippen LogP contribution in [0.1, 0.15) is 40.5 Å². The Labute approximate surface area is 113 Å². The van der Waals surface area contributed by atoms with E-state index in [9.17, 15) is 0 Å². The first-order chi connectivity index (χ1) is 8.83. The highest BCUT2D eigenvalue weighted by molar-refractivity contribution is 7.09. The van der Waals surface area contributed by atoms with Crippen LogP contribution >= 0.6 is 11.3 Å². The molecule has 1 nitrogen and oxygen atoms in total. The van der Waals surface area contributed by atoms with Crippen LogP contribution in [0, 0.1) is 0 Å². The van der Waals surface area contributed by atoms with Crippen molar-refractivity contribution in [2.24, 2.45) is 5.73 Å². The lowest BCUT2D eigenvalue weighted by molar-refractivity contribution is 0.654. The van der Waals surface area contributed by atoms with E-state index in [1.54, 1.807) is 0 Å². The molecule has 0 bridgehead atoms. The zero-order valence-corrected chi connectivity index (χ0v) is 11.4. The molecule has 0 saturated carbocycles. The second kappa shape index (κ2) is 5.25. The number of fused-ring (bicyclic) bond motifs is 1. The van der Waals surface area contributed by atoms with Crippen molar-refractivity contribution in [3.63, 3.8) is 0 Å². The molecule has 1 aliphatic rings. The Morgan fingerprint density at radius 1 is 1.17 bits per heavy atom. The Morgan fingerprint density at radius 3 is 2.89 bits per heavy atom. The van der Waals surface area contributed by atoms with Crippen LogP contribution in [0.2, 0.25) is 0 Å². The van der Waals surface area contributed by atoms with Crippen molar-refractivity contribution >= 4 is 11.3 Å². The summed E-state index contributed by atoms with van der Waals surface area (Å²) in [6.07, 6.45) is 5.93. The van der Waals surface area contributed by atoms with E-state index in [1.165, 1.54) is 40.8 Å². The van der Waals surface area contributed by atoms with Crippen LogP contribution in [0.4, 0.5) is 0 Å². The molecule has 0 amide bonds. The van der Waals surface area contributed by atoms with Crippen molar-refractivity contribution in [3.05, 3.63) is 57.3 Å². The van der Waals surface area contributed by atoms with Gasteiger partial charge in [-0.15, -0.1) is 11.3 Å². The minimum atomic E-state index is 0.179. The predicted molar refractivity (Wildman–Crippen MR) is 78.0 cm³/mol. The van der Waals surface area contributed by atoms with E-state index < -0.39 is 0 Å². The molecular weight excluding hydrogens is 238 g/mol. The number of nitrogens with two attached hydrogens (primary N) is 1. The third-order valence-corrected chi connectivity index (χ3v) is 4.77. The molecule has 3 rings (SSSR count). The van der Waals surface area contributed by atoms with Gasteiger partial charge in [0.1, 0.15) is 0 Å². The van der Waals surface area contributed by atoms with Crippen LogP contribution < -0.4 is 5.73 Å². The lowest BCUT2D eigenvalue weighted by Gasteiger charge is -2.13. The molecule has 94 valence electrons. The largest absolute Gasteiger partial charge is 0.324 e. The highest BCUT2D eigenvalue weighted by Gasteiger charge is 2.13. The maximum Gasteiger partial charge on any atom is 0.0298 e. The van der Waals surface area contributed by atoms with E-state index in [0.717, 1.165) is 12.8 Å². The summed E-state index contributed by atoms with van der Waals surface area (Å²) in [5.41, 5.74) is 10.7. The molecule has 0 saturated heterocycles. The van der Waals surface area contributed by atoms with Gasteiger partial charge in [-0.2, -0.15) is 0 Å². The molecule has 0 fully saturated rings. The van der Waals surface area contributed by atoms with E-state index in [1.807, 2.05) is 11.3 Å². The van der Waals surface area contributed by atoms with Gasteiger partial charge in [0.25, 0.3) is 0 Å². The van der Waals surface area contributed by atoms with E-state index in [4.69, 9.17) is 5.73 Å². The molecule has 2 N–H and O–H groups in total. The van der Waals surface area contributed by atoms with Crippen LogP contribution in [-0.2, 0) is 19.3 Å². The van der Waals surface area contributed by atoms with Crippen LogP contribution in [0.5, 0.6) is 0 Å². The summed E-state index contributed by atoms with van der Waals surface area (Å²) in [6, 6.07) is 11.3. The van der Waals surface area contributed by atoms with E-state index in [-0.39, 0.29) is 6.04 Å². The smallest absolute Gasteiger partial charge is 0.0298 e. The highest BCUT2D eigenvalue weighted by atomic mass is 32.1. The summed E-state index contributed by atoms with van der Waals surface area (Å²) in [5.74, 6) is 0. The van der Waals surface area contributed by atoms with Crippen LogP contribution in [0.15, 0.2) is 35.7 Å². The van der Waals surface area contributed by atoms with Crippen LogP contribution in [0.25, 0.3) is 0 Å². The number of hydrogen-bond donors (Lipinski definition) is 1. The van der Waals surface area contributed by atoms with E-state index >= 15 is 0 Å². The normalized spacial score (nSPS) is 15.6. The summed E-state index contributed by atoms with van der Waals surface area (Å²) in [7, 11) is 0. The second-order valence-corrected chi connectivity index (χ2v) is 6.14. The van der Waals surface area contributed by atoms with Gasteiger partial charge in [-0.05, 0) is 60.2 Å². The Bertz CT molecular complexity index is 516. The van der Waals surface area contributed by atoms with Crippen molar-refractivity contribution < 1.29 is 0 Å². The number of thiophene rings is 1. The fourth-order valence-corrected chi connectivity index (χ4v) is 3.47. The molecule has 0 aliphatic heterocycles. The number of rotatable bonds is 4. The quantitative estimate of drug-likeness (QED) is 0.884. The number of aryl methyl sites for hydroxylation is 3. The average molecular weight is 257 g/mol. The molecule has 1 unspecified atom stereocenters. The summed E-state index contributed by atoms with van der Waals surface area (Å²) in [5, 5.41) is 2.14. The number of benzene rings is 1. The summed E-state index contributed by atoms with van der Waals surface area (Å²) >= 11 is 1.82. The Kier molecular flexibility index (Phi) is 3.48. The monoisotopic (exact) mass is 257 g/mol. The lowest BCUT2D eigenvalue weighted by Crippen LogP contribution is -2.11. The zero-order valence-electron chi connectivity index (χ0n) is 10.6. The maximum atomic E-state index is 6.31. The molecule has 1 aliphatic carbocycles. The van der Waals surface area contributed by atoms with Gasteiger partial charge in [0.15, 0.2) is 0 Å². The number of hydrogen-bond acceptors (Lipinski definition) is 2. The third kappa shape index (κ3) is 2.50. The molecule has 2 aromatic rings. The van der Waals surface area contributed by atoms with Gasteiger partial charge < -0.3 is 5.73 Å². The van der Waals surface area contributed by atoms with Crippen LogP contribution in [-0.4, -0.2) is 0 Å². The first-order valence-electron chi connectivity index (χ1n) is 6.72. The summed E-state index contributed by atoms with van der Waals surface area (Å²) in [4.78, 5) is 1.44. The van der Waals surface area contributed by atoms with Gasteiger partial charge in [0.05, 0.1) is 0 Å². The molecule has 0 spiro atoms. The van der Waals surface area contributed by atoms with Crippen molar-refractivity contribution in [2.45, 2.75) is 38.1 Å². The van der Waals surface area contributed by atoms with Gasteiger partial charge in [0.2, 0.25) is 0 Å². The summed E-state index contributed by atoms with van der Waals surface area (Å²) < 4.78 is 0. The highest BCUT2D eigenvalue weighted by Crippen LogP contribution is 2.26. The second-order valence-electron chi connectivity index (χ2n) is 5.11. The third-order valence-electron chi connectivity index (χ3n) is 3.83. The van der Waals surface area contributed by atoms with Crippen molar-refractivity contribution in [3.8, 4) is 0 Å². The topological polar surface area (TPSA) is 26.0 Å². The Balaban J connectivity index is 1.67. The first kappa shape index (κ1) is 11.9. The molecule has 1 aromatic heterocycles. The van der Waals surface area contributed by atoms with Gasteiger partial charge in [0, 0.05) is 10.9 Å². The molecule has 1 aromatic carbocycles. The average Bonchev–Trinajstić information content (AvgIpc) is 3.05. The maximum absolute atomic E-state index is 6.31. The SMILES string of the molecule is NC(CCc1cccs1)c1ccc2c(c1)CCC2. The molecular formula is C16H19NS. The minimum absolute atomic E-state index is 0.179. The molecule has 0 radical (unpaired) electrons. The van der Waals surface area contributed by atoms with Gasteiger partial charge >= 0.3 is 0 Å². The van der Waals surface area contributed by atoms with E-state index in [0.29, 0.717) is 0 Å². The molecule has 2 heteroatoms. The fraction of sp³-hybridized carbons (Fsp3) is 0.375. The minimum Gasteiger partial charge on any atom is -0.324 e. The Hall–Kier alpha value is -1.12. The standard InChI is InChI=1S/C16H19NS/c17-16(9-8-15-5-2-10-18-15)14-7-6-12-3-1-4-13(12)11-14/h2,5-7,10-11,16H,1,3-4,8-9,17H2. The molecule has 1 heterocycles. The Morgan fingerprint density at radius 2 is 2.06 bits per heavy atom. The van der Waals surface area contributed by atoms with Gasteiger partial charge in [-0.3, -0.25) is 0 Å². The molecule has 1 atom stereocenters. The van der Waals surface area contributed by atoms with Gasteiger partial charge in [-0.1, -0.05) is 24.3 Å². The fourth-order valence-electron chi connectivity index (χ4n) is 2.74. The van der Waals surface area contributed by atoms with E-state index in [2.05, 4.69) is 35.7 Å². The van der Waals surface area contributed by atoms with Crippen molar-refractivity contribution in [1.82, 2.24) is 0 Å². The first-order valence-corrected chi connectivity index (χ1v) is 7.60. The summed E-state index contributed by atoms with van der Waals surface area (Å²) in [6.45, 7) is 0. The zero-order chi connectivity index (χ0) is 12.4.